The number of nitrogens with one attached hydrogen (secondary N) is 1. The smallest absolute Gasteiger partial charge is 0.322 e. The Morgan fingerprint density at radius 1 is 1.03 bits per heavy atom. The van der Waals surface area contributed by atoms with E-state index >= 15 is 0 Å². The Morgan fingerprint density at radius 2 is 1.74 bits per heavy atom. The molecule has 3 aromatic rings. The van der Waals surface area contributed by atoms with Gasteiger partial charge in [0.1, 0.15) is 13.2 Å². The van der Waals surface area contributed by atoms with Crippen LogP contribution in [-0.2, 0) is 16.3 Å². The minimum absolute atomic E-state index is 0.0334. The van der Waals surface area contributed by atoms with Crippen molar-refractivity contribution in [1.29, 1.82) is 0 Å². The molecule has 31 heavy (non-hydrogen) atoms. The maximum atomic E-state index is 12.5. The lowest BCUT2D eigenvalue weighted by molar-refractivity contribution is 0.102. The van der Waals surface area contributed by atoms with E-state index in [0.29, 0.717) is 36.7 Å². The van der Waals surface area contributed by atoms with Gasteiger partial charge in [-0.05, 0) is 49.7 Å². The minimum Gasteiger partial charge on any atom is -0.486 e. The number of benzene rings is 2. The second-order valence-corrected chi connectivity index (χ2v) is 9.73. The number of sulfone groups is 1. The van der Waals surface area contributed by atoms with Crippen molar-refractivity contribution in [2.75, 3.05) is 18.5 Å². The van der Waals surface area contributed by atoms with E-state index in [4.69, 9.17) is 13.9 Å². The predicted octanol–water partition coefficient (Wildman–Crippen LogP) is 2.87. The van der Waals surface area contributed by atoms with Crippen LogP contribution in [0.5, 0.6) is 11.5 Å². The van der Waals surface area contributed by atoms with Crippen LogP contribution in [0.3, 0.4) is 0 Å². The molecule has 0 bridgehead atoms. The van der Waals surface area contributed by atoms with Crippen molar-refractivity contribution < 1.29 is 27.1 Å². The van der Waals surface area contributed by atoms with Gasteiger partial charge in [0.2, 0.25) is 5.89 Å². The summed E-state index contributed by atoms with van der Waals surface area (Å²) < 4.78 is 40.8. The summed E-state index contributed by atoms with van der Waals surface area (Å²) in [6.07, 6.45) is 0.300. The van der Waals surface area contributed by atoms with Gasteiger partial charge in [-0.25, -0.2) is 8.42 Å². The molecule has 0 radical (unpaired) electrons. The van der Waals surface area contributed by atoms with E-state index in [2.05, 4.69) is 15.5 Å². The Balaban J connectivity index is 1.41. The quantitative estimate of drug-likeness (QED) is 0.617. The number of aromatic nitrogens is 2. The first-order valence-corrected chi connectivity index (χ1v) is 11.2. The van der Waals surface area contributed by atoms with E-state index in [1.165, 1.54) is 0 Å². The number of carbonyl (C=O) groups excluding carboxylic acids is 1. The van der Waals surface area contributed by atoms with Crippen molar-refractivity contribution in [1.82, 2.24) is 10.2 Å². The van der Waals surface area contributed by atoms with Gasteiger partial charge in [0.15, 0.2) is 21.3 Å². The van der Waals surface area contributed by atoms with Crippen LogP contribution in [0.4, 0.5) is 6.01 Å². The maximum Gasteiger partial charge on any atom is 0.322 e. The zero-order chi connectivity index (χ0) is 22.0. The van der Waals surface area contributed by atoms with Gasteiger partial charge in [0.25, 0.3) is 5.91 Å². The fourth-order valence-electron chi connectivity index (χ4n) is 2.97. The van der Waals surface area contributed by atoms with Crippen LogP contribution in [0.1, 0.15) is 35.7 Å². The normalized spacial score (nSPS) is 13.3. The topological polar surface area (TPSA) is 121 Å². The summed E-state index contributed by atoms with van der Waals surface area (Å²) in [7, 11) is -3.32. The number of anilines is 1. The average molecular weight is 443 g/mol. The van der Waals surface area contributed by atoms with E-state index in [1.54, 1.807) is 56.3 Å². The molecule has 0 spiro atoms. The molecule has 0 saturated heterocycles. The number of ether oxygens (including phenoxy) is 2. The second-order valence-electron chi connectivity index (χ2n) is 7.23. The zero-order valence-corrected chi connectivity index (χ0v) is 17.8. The van der Waals surface area contributed by atoms with Crippen molar-refractivity contribution in [3.8, 4) is 11.5 Å². The second kappa shape index (κ2) is 8.38. The highest BCUT2D eigenvalue weighted by atomic mass is 32.2. The van der Waals surface area contributed by atoms with E-state index in [0.717, 1.165) is 5.56 Å². The van der Waals surface area contributed by atoms with E-state index < -0.39 is 21.0 Å². The van der Waals surface area contributed by atoms with Crippen LogP contribution in [0, 0.1) is 0 Å². The Hall–Kier alpha value is -3.40. The molecule has 1 aromatic heterocycles. The monoisotopic (exact) mass is 443 g/mol. The fraction of sp³-hybridized carbons (Fsp3) is 0.286. The molecule has 2 heterocycles. The van der Waals surface area contributed by atoms with Gasteiger partial charge in [0.05, 0.1) is 16.6 Å². The van der Waals surface area contributed by atoms with Crippen molar-refractivity contribution in [3.63, 3.8) is 0 Å². The Kier molecular flexibility index (Phi) is 5.64. The molecule has 1 aliphatic heterocycles. The highest BCUT2D eigenvalue weighted by Crippen LogP contribution is 2.31. The molecule has 1 aliphatic rings. The highest BCUT2D eigenvalue weighted by molar-refractivity contribution is 7.92. The number of carbonyl (C=O) groups is 1. The lowest BCUT2D eigenvalue weighted by Gasteiger charge is -2.18. The molecular formula is C21H21N3O6S. The SMILES string of the molecule is CC(C)S(=O)(=O)c1ccc(Cc2nnc(NC(=O)c3ccc4c(c3)OCCO4)o2)cc1. The standard InChI is InChI=1S/C21H21N3O6S/c1-13(2)31(26,27)16-6-3-14(4-7-16)11-19-23-24-21(30-19)22-20(25)15-5-8-17-18(12-15)29-10-9-28-17/h3-8,12-13H,9-11H2,1-2H3,(H,22,24,25). The molecule has 9 nitrogen and oxygen atoms in total. The third kappa shape index (κ3) is 4.53. The van der Waals surface area contributed by atoms with Gasteiger partial charge < -0.3 is 13.9 Å². The lowest BCUT2D eigenvalue weighted by Crippen LogP contribution is -2.17. The number of rotatable bonds is 6. The first-order chi connectivity index (χ1) is 14.8. The molecular weight excluding hydrogens is 422 g/mol. The Bertz CT molecular complexity index is 1200. The summed E-state index contributed by atoms with van der Waals surface area (Å²) in [6.45, 7) is 4.18. The molecule has 0 fully saturated rings. The summed E-state index contributed by atoms with van der Waals surface area (Å²) in [6, 6.07) is 11.4. The Morgan fingerprint density at radius 3 is 2.45 bits per heavy atom. The summed E-state index contributed by atoms with van der Waals surface area (Å²) in [4.78, 5) is 12.7. The summed E-state index contributed by atoms with van der Waals surface area (Å²) in [5.41, 5.74) is 1.17. The molecule has 162 valence electrons. The molecule has 10 heteroatoms. The summed E-state index contributed by atoms with van der Waals surface area (Å²) >= 11 is 0. The third-order valence-corrected chi connectivity index (χ3v) is 6.89. The molecule has 1 N–H and O–H groups in total. The predicted molar refractivity (Wildman–Crippen MR) is 111 cm³/mol. The molecule has 4 rings (SSSR count). The van der Waals surface area contributed by atoms with Crippen LogP contribution in [0.15, 0.2) is 51.8 Å². The van der Waals surface area contributed by atoms with Crippen molar-refractivity contribution in [3.05, 3.63) is 59.5 Å². The first kappa shape index (κ1) is 20.9. The zero-order valence-electron chi connectivity index (χ0n) is 17.0. The molecule has 2 aromatic carbocycles. The first-order valence-electron chi connectivity index (χ1n) is 9.69. The summed E-state index contributed by atoms with van der Waals surface area (Å²) in [5.74, 6) is 0.968. The molecule has 0 atom stereocenters. The highest BCUT2D eigenvalue weighted by Gasteiger charge is 2.19. The van der Waals surface area contributed by atoms with E-state index in [1.807, 2.05) is 0 Å². The average Bonchev–Trinajstić information content (AvgIpc) is 3.20. The van der Waals surface area contributed by atoms with Crippen LogP contribution >= 0.6 is 0 Å². The van der Waals surface area contributed by atoms with Crippen LogP contribution in [0.2, 0.25) is 0 Å². The summed E-state index contributed by atoms with van der Waals surface area (Å²) in [5, 5.41) is 9.85. The molecule has 0 unspecified atom stereocenters. The fourth-order valence-corrected chi connectivity index (χ4v) is 4.03. The number of amides is 1. The van der Waals surface area contributed by atoms with Crippen molar-refractivity contribution >= 4 is 21.8 Å². The third-order valence-electron chi connectivity index (χ3n) is 4.72. The van der Waals surface area contributed by atoms with Gasteiger partial charge in [0, 0.05) is 5.56 Å². The van der Waals surface area contributed by atoms with Gasteiger partial charge in [-0.2, -0.15) is 0 Å². The van der Waals surface area contributed by atoms with Crippen LogP contribution < -0.4 is 14.8 Å². The van der Waals surface area contributed by atoms with Crippen LogP contribution in [-0.4, -0.2) is 43.0 Å². The van der Waals surface area contributed by atoms with Crippen molar-refractivity contribution in [2.24, 2.45) is 0 Å². The molecule has 1 amide bonds. The van der Waals surface area contributed by atoms with Gasteiger partial charge in [-0.15, -0.1) is 5.10 Å². The van der Waals surface area contributed by atoms with Gasteiger partial charge >= 0.3 is 6.01 Å². The molecule has 0 saturated carbocycles. The number of hydrogen-bond donors (Lipinski definition) is 1. The number of fused-ring (bicyclic) bond motifs is 1. The van der Waals surface area contributed by atoms with E-state index in [9.17, 15) is 13.2 Å². The lowest BCUT2D eigenvalue weighted by atomic mass is 10.1. The number of hydrogen-bond acceptors (Lipinski definition) is 8. The minimum atomic E-state index is -3.32. The molecule has 0 aliphatic carbocycles. The van der Waals surface area contributed by atoms with Crippen molar-refractivity contribution in [2.45, 2.75) is 30.4 Å². The maximum absolute atomic E-state index is 12.5. The number of nitrogens with zero attached hydrogens (tertiary/aromatic N) is 2. The van der Waals surface area contributed by atoms with Crippen LogP contribution in [0.25, 0.3) is 0 Å². The van der Waals surface area contributed by atoms with E-state index in [-0.39, 0.29) is 16.8 Å². The Labute approximate surface area is 179 Å². The van der Waals surface area contributed by atoms with Gasteiger partial charge in [-0.3, -0.25) is 10.1 Å². The largest absolute Gasteiger partial charge is 0.486 e. The van der Waals surface area contributed by atoms with Gasteiger partial charge in [-0.1, -0.05) is 17.2 Å².